The summed E-state index contributed by atoms with van der Waals surface area (Å²) in [7, 11) is -0.108. The Bertz CT molecular complexity index is 645. The Kier molecular flexibility index (Phi) is 14.2. The van der Waals surface area contributed by atoms with Crippen LogP contribution in [-0.2, 0) is 25.3 Å². The van der Waals surface area contributed by atoms with E-state index in [9.17, 15) is 14.4 Å². The molecule has 0 spiro atoms. The number of hydrogen-bond donors (Lipinski definition) is 7. The van der Waals surface area contributed by atoms with Crippen molar-refractivity contribution >= 4 is 40.4 Å². The molecule has 2 amide bonds. The zero-order valence-corrected chi connectivity index (χ0v) is 19.4. The Morgan fingerprint density at radius 1 is 0.871 bits per heavy atom. The maximum Gasteiger partial charge on any atom is 0.243 e. The summed E-state index contributed by atoms with van der Waals surface area (Å²) in [6.45, 7) is 2.15. The van der Waals surface area contributed by atoms with Crippen molar-refractivity contribution in [3.05, 3.63) is 0 Å². The summed E-state index contributed by atoms with van der Waals surface area (Å²) in [5, 5.41) is 5.39. The van der Waals surface area contributed by atoms with Gasteiger partial charge in [-0.3, -0.25) is 35.0 Å². The lowest BCUT2D eigenvalue weighted by molar-refractivity contribution is -0.132. The second-order valence-corrected chi connectivity index (χ2v) is 9.67. The highest BCUT2D eigenvalue weighted by molar-refractivity contribution is 7.96. The van der Waals surface area contributed by atoms with E-state index in [-0.39, 0.29) is 28.6 Å². The molecule has 0 saturated carbocycles. The molecule has 12 nitrogen and oxygen atoms in total. The minimum Gasteiger partial charge on any atom is -0.370 e. The molecule has 0 aliphatic rings. The van der Waals surface area contributed by atoms with E-state index < -0.39 is 29.9 Å². The number of rotatable bonds is 15. The smallest absolute Gasteiger partial charge is 0.243 e. The topological polar surface area (TPSA) is 230 Å². The van der Waals surface area contributed by atoms with Crippen LogP contribution in [0.1, 0.15) is 32.6 Å². The third-order valence-electron chi connectivity index (χ3n) is 4.09. The summed E-state index contributed by atoms with van der Waals surface area (Å²) in [6, 6.07) is -2.23. The van der Waals surface area contributed by atoms with E-state index in [1.165, 1.54) is 6.92 Å². The fourth-order valence-corrected chi connectivity index (χ4v) is 3.36. The van der Waals surface area contributed by atoms with Crippen LogP contribution in [0, 0.1) is 0 Å². The molecule has 0 aliphatic carbocycles. The summed E-state index contributed by atoms with van der Waals surface area (Å²) in [6.07, 6.45) is 5.70. The third-order valence-corrected chi connectivity index (χ3v) is 4.95. The lowest BCUT2D eigenvalue weighted by Crippen LogP contribution is -2.54. The Morgan fingerprint density at radius 2 is 1.35 bits per heavy atom. The second kappa shape index (κ2) is 15.4. The molecule has 3 atom stereocenters. The van der Waals surface area contributed by atoms with Gasteiger partial charge in [0.2, 0.25) is 11.8 Å². The number of ketones is 1. The minimum absolute atomic E-state index is 0.0152. The van der Waals surface area contributed by atoms with Gasteiger partial charge in [-0.2, -0.15) is 0 Å². The number of guanidine groups is 2. The molecule has 31 heavy (non-hydrogen) atoms. The summed E-state index contributed by atoms with van der Waals surface area (Å²) >= 11 is 0. The van der Waals surface area contributed by atoms with Crippen LogP contribution in [0.15, 0.2) is 9.98 Å². The molecular formula is C18H38N9O3S+. The molecule has 13 heteroatoms. The minimum atomic E-state index is -0.842. The van der Waals surface area contributed by atoms with Crippen molar-refractivity contribution in [1.82, 2.24) is 10.6 Å². The Hall–Kier alpha value is -2.38. The number of carbonyl (C=O) groups excluding carboxylic acids is 3. The predicted molar refractivity (Wildman–Crippen MR) is 126 cm³/mol. The molecule has 0 aromatic rings. The fourth-order valence-electron chi connectivity index (χ4n) is 2.58. The maximum absolute atomic E-state index is 12.8. The molecule has 0 fully saturated rings. The molecule has 0 bridgehead atoms. The van der Waals surface area contributed by atoms with Gasteiger partial charge < -0.3 is 28.7 Å². The summed E-state index contributed by atoms with van der Waals surface area (Å²) in [5.74, 6) is -0.862. The predicted octanol–water partition coefficient (Wildman–Crippen LogP) is -3.14. The van der Waals surface area contributed by atoms with Gasteiger partial charge in [-0.25, -0.2) is 0 Å². The first-order valence-corrected chi connectivity index (χ1v) is 12.2. The number of aliphatic imine (C=N–C) groups is 2. The molecule has 0 saturated heterocycles. The molecule has 0 aromatic heterocycles. The first-order chi connectivity index (χ1) is 14.4. The maximum atomic E-state index is 12.8. The van der Waals surface area contributed by atoms with Crippen molar-refractivity contribution in [2.24, 2.45) is 38.7 Å². The van der Waals surface area contributed by atoms with Crippen LogP contribution in [0.25, 0.3) is 0 Å². The van der Waals surface area contributed by atoms with Gasteiger partial charge in [0.15, 0.2) is 23.5 Å². The van der Waals surface area contributed by atoms with Gasteiger partial charge in [0, 0.05) is 13.1 Å². The van der Waals surface area contributed by atoms with E-state index in [0.717, 1.165) is 0 Å². The van der Waals surface area contributed by atoms with Crippen LogP contribution in [0.5, 0.6) is 0 Å². The van der Waals surface area contributed by atoms with Gasteiger partial charge >= 0.3 is 0 Å². The first kappa shape index (κ1) is 28.6. The highest BCUT2D eigenvalue weighted by atomic mass is 32.2. The number of nitrogens with one attached hydrogen (secondary N) is 2. The number of carbonyl (C=O) groups is 3. The number of Topliss-reactive ketones (excluding diaryl/α,β-unsaturated/α-hetero) is 1. The van der Waals surface area contributed by atoms with Crippen molar-refractivity contribution in [3.8, 4) is 0 Å². The van der Waals surface area contributed by atoms with Gasteiger partial charge in [-0.15, -0.1) is 0 Å². The van der Waals surface area contributed by atoms with Gasteiger partial charge in [0.05, 0.1) is 30.6 Å². The van der Waals surface area contributed by atoms with E-state index in [1.807, 2.05) is 12.5 Å². The normalized spacial score (nSPS) is 13.7. The van der Waals surface area contributed by atoms with Crippen molar-refractivity contribution < 1.29 is 14.4 Å². The zero-order valence-electron chi connectivity index (χ0n) is 18.6. The van der Waals surface area contributed by atoms with Crippen LogP contribution in [0.3, 0.4) is 0 Å². The quantitative estimate of drug-likeness (QED) is 0.0565. The molecule has 0 unspecified atom stereocenters. The summed E-state index contributed by atoms with van der Waals surface area (Å²) < 4.78 is 0. The molecule has 0 rings (SSSR count). The second-order valence-electron chi connectivity index (χ2n) is 7.41. The Labute approximate surface area is 186 Å². The zero-order chi connectivity index (χ0) is 24.0. The largest absolute Gasteiger partial charge is 0.370 e. The molecular weight excluding hydrogens is 422 g/mol. The van der Waals surface area contributed by atoms with Crippen LogP contribution >= 0.6 is 0 Å². The van der Waals surface area contributed by atoms with Crippen LogP contribution in [-0.4, -0.2) is 79.0 Å². The number of hydrogen-bond acceptors (Lipinski definition) is 7. The van der Waals surface area contributed by atoms with Crippen molar-refractivity contribution in [1.29, 1.82) is 0 Å². The monoisotopic (exact) mass is 460 g/mol. The molecule has 12 N–H and O–H groups in total. The molecule has 0 aromatic carbocycles. The number of nitrogens with zero attached hydrogens (tertiary/aromatic N) is 2. The fraction of sp³-hybridized carbons (Fsp3) is 0.722. The van der Waals surface area contributed by atoms with Gasteiger partial charge in [0.25, 0.3) is 0 Å². The summed E-state index contributed by atoms with van der Waals surface area (Å²) in [5.41, 5.74) is 26.9. The van der Waals surface area contributed by atoms with E-state index >= 15 is 0 Å². The molecule has 0 aliphatic heterocycles. The van der Waals surface area contributed by atoms with Crippen LogP contribution < -0.4 is 39.3 Å². The molecule has 0 radical (unpaired) electrons. The van der Waals surface area contributed by atoms with E-state index in [1.54, 1.807) is 0 Å². The van der Waals surface area contributed by atoms with E-state index in [0.29, 0.717) is 44.5 Å². The number of imide groups is 1. The third kappa shape index (κ3) is 14.3. The van der Waals surface area contributed by atoms with Gasteiger partial charge in [0.1, 0.15) is 0 Å². The molecule has 0 heterocycles. The first-order valence-electron chi connectivity index (χ1n) is 9.98. The van der Waals surface area contributed by atoms with Crippen molar-refractivity contribution in [2.45, 2.75) is 50.7 Å². The van der Waals surface area contributed by atoms with Crippen LogP contribution in [0.4, 0.5) is 0 Å². The lowest BCUT2D eigenvalue weighted by atomic mass is 10.0. The standard InChI is InChI=1S/C18H37N9O3S/c1-11(19)15(29)27-16(30)13(7-5-9-25-18(22)23)26-12(14(28)10-31(2)3)6-4-8-24-17(20)21/h11-13,26H,4-10,19H2,1-3H3,(H8-,20,21,22,23,24,25,27,29,30)/p+1/t11-,12-,13-/m0/s1. The van der Waals surface area contributed by atoms with Crippen LogP contribution in [0.2, 0.25) is 0 Å². The number of amides is 2. The number of nitrogens with two attached hydrogens (primary N) is 5. The highest BCUT2D eigenvalue weighted by Crippen LogP contribution is 2.07. The molecule has 178 valence electrons. The van der Waals surface area contributed by atoms with Gasteiger partial charge in [-0.05, 0) is 43.5 Å². The van der Waals surface area contributed by atoms with Gasteiger partial charge in [-0.1, -0.05) is 0 Å². The SMILES string of the molecule is C[C@H](N)C(=O)NC(=O)[C@H](CCCN=C(N)N)N[C@@H](CCCN=C(N)N)C(=O)C[S+](C)C. The average Bonchev–Trinajstić information content (AvgIpc) is 2.64. The van der Waals surface area contributed by atoms with E-state index in [4.69, 9.17) is 28.7 Å². The lowest BCUT2D eigenvalue weighted by Gasteiger charge is -2.24. The highest BCUT2D eigenvalue weighted by Gasteiger charge is 2.29. The Morgan fingerprint density at radius 3 is 1.77 bits per heavy atom. The summed E-state index contributed by atoms with van der Waals surface area (Å²) in [4.78, 5) is 45.2. The average molecular weight is 461 g/mol. The van der Waals surface area contributed by atoms with Crippen molar-refractivity contribution in [3.63, 3.8) is 0 Å². The Balaban J connectivity index is 5.35. The van der Waals surface area contributed by atoms with Crippen molar-refractivity contribution in [2.75, 3.05) is 31.4 Å². The van der Waals surface area contributed by atoms with E-state index in [2.05, 4.69) is 20.6 Å².